The molecule has 0 amide bonds. The summed E-state index contributed by atoms with van der Waals surface area (Å²) in [5.41, 5.74) is 0. The molecule has 0 fully saturated rings. The molecule has 0 nitrogen and oxygen atoms in total. The minimum Gasteiger partial charge on any atom is -0.107 e. The number of allylic oxidation sites excluding steroid dienone is 1. The second-order valence-electron chi connectivity index (χ2n) is 0.524. The first-order valence-electron chi connectivity index (χ1n) is 1.22. The summed E-state index contributed by atoms with van der Waals surface area (Å²) < 4.78 is 0. The van der Waals surface area contributed by atoms with E-state index in [-0.39, 0.29) is 0 Å². The summed E-state index contributed by atoms with van der Waals surface area (Å²) in [7, 11) is 0. The Balaban J connectivity index is 2.30. The molecule has 0 rings (SSSR count). The van der Waals surface area contributed by atoms with E-state index in [9.17, 15) is 0 Å². The van der Waals surface area contributed by atoms with Crippen LogP contribution in [0.3, 0.4) is 0 Å². The van der Waals surface area contributed by atoms with Crippen LogP contribution in [0, 0.1) is 0 Å². The van der Waals surface area contributed by atoms with E-state index in [2.05, 4.69) is 22.9 Å². The van der Waals surface area contributed by atoms with Crippen molar-refractivity contribution in [1.82, 2.24) is 0 Å². The first-order valence-corrected chi connectivity index (χ1v) is 2.04. The van der Waals surface area contributed by atoms with Gasteiger partial charge in [-0.2, -0.15) is 0 Å². The van der Waals surface area contributed by atoms with Gasteiger partial charge in [-0.1, -0.05) is 0 Å². The summed E-state index contributed by atoms with van der Waals surface area (Å²) in [5.74, 6) is 0. The highest BCUT2D eigenvalue weighted by molar-refractivity contribution is 6.09. The lowest BCUT2D eigenvalue weighted by atomic mass is 10.8. The van der Waals surface area contributed by atoms with Crippen LogP contribution >= 0.6 is 0 Å². The normalized spacial score (nSPS) is 6.00. The van der Waals surface area contributed by atoms with E-state index in [4.69, 9.17) is 0 Å². The standard InChI is InChI=1S/C3H5.Al/c1-3-2;/h3H,1-2H2;. The van der Waals surface area contributed by atoms with Gasteiger partial charge in [-0.05, 0) is 0 Å². The van der Waals surface area contributed by atoms with Gasteiger partial charge in [0.25, 0.3) is 0 Å². The van der Waals surface area contributed by atoms with Crippen molar-refractivity contribution in [2.24, 2.45) is 0 Å². The quantitative estimate of drug-likeness (QED) is 0.314. The predicted molar refractivity (Wildman–Crippen MR) is 20.8 cm³/mol. The molecule has 0 aliphatic carbocycles. The Kier molecular flexibility index (Phi) is 3.50. The molecule has 1 heteroatoms. The Labute approximate surface area is 34.9 Å². The van der Waals surface area contributed by atoms with Crippen LogP contribution < -0.4 is 0 Å². The second-order valence-corrected chi connectivity index (χ2v) is 0.996. The first-order chi connectivity index (χ1) is 1.91. The van der Waals surface area contributed by atoms with E-state index in [0.717, 1.165) is 5.28 Å². The molecule has 0 spiro atoms. The van der Waals surface area contributed by atoms with Crippen LogP contribution in [0.25, 0.3) is 0 Å². The van der Waals surface area contributed by atoms with Gasteiger partial charge < -0.3 is 0 Å². The maximum absolute atomic E-state index is 3.46. The van der Waals surface area contributed by atoms with Gasteiger partial charge in [-0.3, -0.25) is 0 Å². The summed E-state index contributed by atoms with van der Waals surface area (Å²) in [6.07, 6.45) is 1.84. The molecule has 0 aromatic rings. The third kappa shape index (κ3) is 2.27. The van der Waals surface area contributed by atoms with Crippen molar-refractivity contribution >= 4 is 16.3 Å². The maximum atomic E-state index is 3.46. The summed E-state index contributed by atoms with van der Waals surface area (Å²) in [4.78, 5) is 0. The third-order valence-electron chi connectivity index (χ3n) is 0.167. The van der Waals surface area contributed by atoms with Crippen molar-refractivity contribution in [2.75, 3.05) is 0 Å². The lowest BCUT2D eigenvalue weighted by Crippen LogP contribution is -1.47. The molecule has 0 aromatic heterocycles. The van der Waals surface area contributed by atoms with Crippen molar-refractivity contribution in [2.45, 2.75) is 5.28 Å². The number of hydrogen-bond donors (Lipinski definition) is 0. The molecule has 0 saturated heterocycles. The van der Waals surface area contributed by atoms with E-state index in [0.29, 0.717) is 0 Å². The highest BCUT2D eigenvalue weighted by Crippen LogP contribution is 1.61. The second kappa shape index (κ2) is 3.27. The molecule has 0 heterocycles. The van der Waals surface area contributed by atoms with Gasteiger partial charge in [-0.25, -0.2) is 0 Å². The van der Waals surface area contributed by atoms with E-state index in [1.165, 1.54) is 0 Å². The monoisotopic (exact) mass is 68.0 g/mol. The first kappa shape index (κ1) is 4.27. The molecular weight excluding hydrogens is 63.0 g/mol. The summed E-state index contributed by atoms with van der Waals surface area (Å²) in [5, 5.41) is 1.00. The van der Waals surface area contributed by atoms with Crippen molar-refractivity contribution < 1.29 is 0 Å². The third-order valence-corrected chi connectivity index (χ3v) is 0.500. The Hall–Kier alpha value is 0.272. The summed E-state index contributed by atoms with van der Waals surface area (Å²) >= 11 is 2.54. The fraction of sp³-hybridized carbons (Fsp3) is 0.333. The minimum absolute atomic E-state index is 1.00. The SMILES string of the molecule is C=C[CH2][Al]. The van der Waals surface area contributed by atoms with Gasteiger partial charge in [-0.15, -0.1) is 17.9 Å². The molecule has 0 aliphatic rings. The highest BCUT2D eigenvalue weighted by atomic mass is 27.0. The van der Waals surface area contributed by atoms with E-state index in [1.807, 2.05) is 6.08 Å². The van der Waals surface area contributed by atoms with Crippen LogP contribution in [0.1, 0.15) is 0 Å². The van der Waals surface area contributed by atoms with Crippen molar-refractivity contribution in [3.05, 3.63) is 12.7 Å². The molecule has 0 aromatic carbocycles. The molecule has 0 unspecified atom stereocenters. The molecule has 0 saturated carbocycles. The summed E-state index contributed by atoms with van der Waals surface area (Å²) in [6, 6.07) is 0. The van der Waals surface area contributed by atoms with Crippen LogP contribution in [0.15, 0.2) is 12.7 Å². The average molecular weight is 68.1 g/mol. The molecule has 2 radical (unpaired) electrons. The summed E-state index contributed by atoms with van der Waals surface area (Å²) in [6.45, 7) is 3.46. The lowest BCUT2D eigenvalue weighted by molar-refractivity contribution is 1.76. The van der Waals surface area contributed by atoms with Gasteiger partial charge in [0.15, 0.2) is 0 Å². The van der Waals surface area contributed by atoms with Crippen molar-refractivity contribution in [1.29, 1.82) is 0 Å². The zero-order valence-corrected chi connectivity index (χ0v) is 3.72. The molecule has 0 N–H and O–H groups in total. The topological polar surface area (TPSA) is 0 Å². The van der Waals surface area contributed by atoms with Gasteiger partial charge in [0, 0.05) is 0 Å². The van der Waals surface area contributed by atoms with Crippen LogP contribution in [0.4, 0.5) is 0 Å². The fourth-order valence-electron chi connectivity index (χ4n) is 0. The van der Waals surface area contributed by atoms with Crippen LogP contribution in [0.2, 0.25) is 5.28 Å². The van der Waals surface area contributed by atoms with Crippen molar-refractivity contribution in [3.8, 4) is 0 Å². The van der Waals surface area contributed by atoms with Crippen LogP contribution in [0.5, 0.6) is 0 Å². The Morgan fingerprint density at radius 2 is 2.25 bits per heavy atom. The molecule has 0 bridgehead atoms. The van der Waals surface area contributed by atoms with E-state index >= 15 is 0 Å². The van der Waals surface area contributed by atoms with Gasteiger partial charge in [0.2, 0.25) is 0 Å². The maximum Gasteiger partial charge on any atom is 0.124 e. The zero-order valence-electron chi connectivity index (χ0n) is 2.57. The Bertz CT molecular complexity index is 17.2. The van der Waals surface area contributed by atoms with E-state index < -0.39 is 0 Å². The average Bonchev–Trinajstić information content (AvgIpc) is 1.37. The predicted octanol–water partition coefficient (Wildman–Crippen LogP) is 0.759. The number of hydrogen-bond acceptors (Lipinski definition) is 0. The smallest absolute Gasteiger partial charge is 0.107 e. The lowest BCUT2D eigenvalue weighted by Gasteiger charge is -1.58. The highest BCUT2D eigenvalue weighted by Gasteiger charge is 1.46. The van der Waals surface area contributed by atoms with Gasteiger partial charge in [0.05, 0.1) is 0 Å². The Morgan fingerprint density at radius 3 is 2.25 bits per heavy atom. The Morgan fingerprint density at radius 1 is 2.00 bits per heavy atom. The molecule has 20 valence electrons. The van der Waals surface area contributed by atoms with Crippen LogP contribution in [-0.4, -0.2) is 16.3 Å². The molecule has 0 aliphatic heterocycles. The van der Waals surface area contributed by atoms with Gasteiger partial charge >= 0.3 is 0 Å². The molecule has 4 heavy (non-hydrogen) atoms. The van der Waals surface area contributed by atoms with Gasteiger partial charge in [0.1, 0.15) is 16.3 Å². The van der Waals surface area contributed by atoms with Crippen LogP contribution in [-0.2, 0) is 0 Å². The zero-order chi connectivity index (χ0) is 3.41. The molecular formula is C3H5Al. The largest absolute Gasteiger partial charge is 0.124 e. The number of rotatable bonds is 1. The van der Waals surface area contributed by atoms with E-state index in [1.54, 1.807) is 0 Å². The minimum atomic E-state index is 1.00. The fourth-order valence-corrected chi connectivity index (χ4v) is 0. The molecule has 0 atom stereocenters. The van der Waals surface area contributed by atoms with Crippen molar-refractivity contribution in [3.63, 3.8) is 0 Å².